The second-order valence-corrected chi connectivity index (χ2v) is 8.65. The molecule has 1 aliphatic carbocycles. The zero-order chi connectivity index (χ0) is 19.6. The van der Waals surface area contributed by atoms with Crippen molar-refractivity contribution in [3.8, 4) is 0 Å². The van der Waals surface area contributed by atoms with E-state index in [1.54, 1.807) is 12.1 Å². The van der Waals surface area contributed by atoms with Crippen LogP contribution in [0.2, 0.25) is 0 Å². The lowest BCUT2D eigenvalue weighted by Crippen LogP contribution is -2.34. The lowest BCUT2D eigenvalue weighted by Gasteiger charge is -2.12. The lowest BCUT2D eigenvalue weighted by atomic mass is 9.95. The first-order valence-corrected chi connectivity index (χ1v) is 10.5. The van der Waals surface area contributed by atoms with Crippen LogP contribution < -0.4 is 10.6 Å². The Bertz CT molecular complexity index is 924. The molecule has 0 radical (unpaired) electrons. The number of esters is 1. The van der Waals surface area contributed by atoms with Crippen LogP contribution in [0, 0.1) is 6.92 Å². The fraction of sp³-hybridized carbons (Fsp3) is 0.316. The van der Waals surface area contributed by atoms with Crippen LogP contribution in [0.4, 0.5) is 5.00 Å². The molecule has 2 aromatic rings. The highest BCUT2D eigenvalue weighted by atomic mass is 79.9. The fourth-order valence-electron chi connectivity index (χ4n) is 3.02. The van der Waals surface area contributed by atoms with Gasteiger partial charge in [0.05, 0.1) is 12.7 Å². The number of thiocarbonyl (C=S) groups is 1. The Kier molecular flexibility index (Phi) is 6.29. The normalized spacial score (nSPS) is 12.9. The van der Waals surface area contributed by atoms with Crippen molar-refractivity contribution in [2.45, 2.75) is 32.6 Å². The van der Waals surface area contributed by atoms with Gasteiger partial charge in [-0.3, -0.25) is 10.1 Å². The number of benzene rings is 1. The van der Waals surface area contributed by atoms with E-state index < -0.39 is 0 Å². The highest BCUT2D eigenvalue weighted by Crippen LogP contribution is 2.38. The average molecular weight is 467 g/mol. The number of ether oxygens (including phenoxy) is 1. The molecule has 0 atom stereocenters. The molecule has 1 aromatic heterocycles. The van der Waals surface area contributed by atoms with Gasteiger partial charge in [0.1, 0.15) is 5.00 Å². The molecule has 27 heavy (non-hydrogen) atoms. The van der Waals surface area contributed by atoms with Gasteiger partial charge in [-0.15, -0.1) is 11.3 Å². The number of hydrogen-bond donors (Lipinski definition) is 2. The summed E-state index contributed by atoms with van der Waals surface area (Å²) >= 11 is 10.2. The lowest BCUT2D eigenvalue weighted by molar-refractivity contribution is 0.0601. The van der Waals surface area contributed by atoms with Crippen LogP contribution in [0.3, 0.4) is 0 Å². The maximum atomic E-state index is 12.4. The highest BCUT2D eigenvalue weighted by Gasteiger charge is 2.26. The molecule has 8 heteroatoms. The summed E-state index contributed by atoms with van der Waals surface area (Å²) < 4.78 is 5.80. The SMILES string of the molecule is COC(=O)c1c(NC(=S)NC(=O)c2ccc(C)c(Br)c2)sc2c1CCCC2. The molecular weight excluding hydrogens is 448 g/mol. The number of methoxy groups -OCH3 is 1. The van der Waals surface area contributed by atoms with E-state index in [9.17, 15) is 9.59 Å². The summed E-state index contributed by atoms with van der Waals surface area (Å²) in [6.45, 7) is 1.95. The quantitative estimate of drug-likeness (QED) is 0.510. The molecule has 0 bridgehead atoms. The van der Waals surface area contributed by atoms with E-state index in [2.05, 4.69) is 26.6 Å². The molecule has 0 fully saturated rings. The van der Waals surface area contributed by atoms with Crippen LogP contribution in [-0.4, -0.2) is 24.1 Å². The standard InChI is InChI=1S/C19H19BrN2O3S2/c1-10-7-8-11(9-13(10)20)16(23)21-19(26)22-17-15(18(24)25-2)12-5-3-4-6-14(12)27-17/h7-9H,3-6H2,1-2H3,(H2,21,22,23,26). The van der Waals surface area contributed by atoms with Gasteiger partial charge in [0.15, 0.2) is 5.11 Å². The third-order valence-corrected chi connectivity index (χ3v) is 6.71. The molecule has 2 N–H and O–H groups in total. The topological polar surface area (TPSA) is 67.4 Å². The first kappa shape index (κ1) is 20.0. The first-order chi connectivity index (χ1) is 12.9. The summed E-state index contributed by atoms with van der Waals surface area (Å²) in [5.41, 5.74) is 3.11. The molecule has 0 unspecified atom stereocenters. The van der Waals surface area contributed by atoms with Gasteiger partial charge in [0.25, 0.3) is 5.91 Å². The third-order valence-electron chi connectivity index (χ3n) is 4.45. The number of hydrogen-bond acceptors (Lipinski definition) is 5. The molecule has 1 aromatic carbocycles. The zero-order valence-corrected chi connectivity index (χ0v) is 18.2. The molecule has 3 rings (SSSR count). The second kappa shape index (κ2) is 8.50. The van der Waals surface area contributed by atoms with Gasteiger partial charge in [-0.1, -0.05) is 22.0 Å². The number of carbonyl (C=O) groups excluding carboxylic acids is 2. The van der Waals surface area contributed by atoms with Gasteiger partial charge < -0.3 is 10.1 Å². The predicted molar refractivity (Wildman–Crippen MR) is 115 cm³/mol. The Morgan fingerprint density at radius 3 is 2.70 bits per heavy atom. The molecule has 0 saturated carbocycles. The molecule has 0 aliphatic heterocycles. The Morgan fingerprint density at radius 2 is 2.00 bits per heavy atom. The van der Waals surface area contributed by atoms with E-state index >= 15 is 0 Å². The van der Waals surface area contributed by atoms with E-state index in [4.69, 9.17) is 17.0 Å². The first-order valence-electron chi connectivity index (χ1n) is 8.52. The van der Waals surface area contributed by atoms with E-state index in [0.29, 0.717) is 16.1 Å². The number of carbonyl (C=O) groups is 2. The minimum absolute atomic E-state index is 0.153. The molecule has 0 saturated heterocycles. The average Bonchev–Trinajstić information content (AvgIpc) is 3.00. The van der Waals surface area contributed by atoms with Crippen LogP contribution in [0.1, 0.15) is 49.6 Å². The summed E-state index contributed by atoms with van der Waals surface area (Å²) in [7, 11) is 1.37. The van der Waals surface area contributed by atoms with Crippen molar-refractivity contribution in [3.63, 3.8) is 0 Å². The molecular formula is C19H19BrN2O3S2. The van der Waals surface area contributed by atoms with E-state index in [1.165, 1.54) is 23.3 Å². The minimum atomic E-state index is -0.381. The largest absolute Gasteiger partial charge is 0.465 e. The van der Waals surface area contributed by atoms with E-state index in [1.807, 2.05) is 13.0 Å². The van der Waals surface area contributed by atoms with Crippen LogP contribution in [0.5, 0.6) is 0 Å². The van der Waals surface area contributed by atoms with Crippen molar-refractivity contribution < 1.29 is 14.3 Å². The highest BCUT2D eigenvalue weighted by molar-refractivity contribution is 9.10. The van der Waals surface area contributed by atoms with Gasteiger partial charge in [-0.05, 0) is 68.1 Å². The van der Waals surface area contributed by atoms with Crippen LogP contribution in [0.15, 0.2) is 22.7 Å². The molecule has 142 valence electrons. The summed E-state index contributed by atoms with van der Waals surface area (Å²) in [4.78, 5) is 25.9. The van der Waals surface area contributed by atoms with Crippen molar-refractivity contribution in [1.82, 2.24) is 5.32 Å². The van der Waals surface area contributed by atoms with Crippen LogP contribution >= 0.6 is 39.5 Å². The van der Waals surface area contributed by atoms with Crippen LogP contribution in [0.25, 0.3) is 0 Å². The van der Waals surface area contributed by atoms with Gasteiger partial charge in [-0.25, -0.2) is 4.79 Å². The molecule has 1 heterocycles. The number of anilines is 1. The molecule has 5 nitrogen and oxygen atoms in total. The van der Waals surface area contributed by atoms with Gasteiger partial charge in [0, 0.05) is 14.9 Å². The molecule has 0 spiro atoms. The number of amides is 1. The monoisotopic (exact) mass is 466 g/mol. The summed E-state index contributed by atoms with van der Waals surface area (Å²) in [6, 6.07) is 5.34. The Hall–Kier alpha value is -1.77. The van der Waals surface area contributed by atoms with Crippen molar-refractivity contribution >= 4 is 61.5 Å². The van der Waals surface area contributed by atoms with Gasteiger partial charge in [0.2, 0.25) is 0 Å². The second-order valence-electron chi connectivity index (χ2n) is 6.28. The fourth-order valence-corrected chi connectivity index (χ4v) is 4.94. The number of thiophene rings is 1. The molecule has 1 amide bonds. The minimum Gasteiger partial charge on any atom is -0.465 e. The van der Waals surface area contributed by atoms with E-state index in [0.717, 1.165) is 41.3 Å². The molecule has 1 aliphatic rings. The Labute approximate surface area is 175 Å². The number of rotatable bonds is 3. The van der Waals surface area contributed by atoms with Crippen LogP contribution in [-0.2, 0) is 17.6 Å². The smallest absolute Gasteiger partial charge is 0.341 e. The van der Waals surface area contributed by atoms with E-state index in [-0.39, 0.29) is 17.0 Å². The van der Waals surface area contributed by atoms with Crippen molar-refractivity contribution in [2.24, 2.45) is 0 Å². The van der Waals surface area contributed by atoms with Crippen molar-refractivity contribution in [1.29, 1.82) is 0 Å². The summed E-state index contributed by atoms with van der Waals surface area (Å²) in [5.74, 6) is -0.692. The zero-order valence-electron chi connectivity index (χ0n) is 15.0. The third kappa shape index (κ3) is 4.39. The van der Waals surface area contributed by atoms with Crippen molar-refractivity contribution in [3.05, 3.63) is 49.8 Å². The summed E-state index contributed by atoms with van der Waals surface area (Å²) in [6.07, 6.45) is 3.96. The predicted octanol–water partition coefficient (Wildman–Crippen LogP) is 4.61. The van der Waals surface area contributed by atoms with Gasteiger partial charge >= 0.3 is 5.97 Å². The Morgan fingerprint density at radius 1 is 1.26 bits per heavy atom. The van der Waals surface area contributed by atoms with Gasteiger partial charge in [-0.2, -0.15) is 0 Å². The maximum absolute atomic E-state index is 12.4. The number of aryl methyl sites for hydroxylation is 2. The maximum Gasteiger partial charge on any atom is 0.341 e. The summed E-state index contributed by atoms with van der Waals surface area (Å²) in [5, 5.41) is 6.47. The number of nitrogens with one attached hydrogen (secondary N) is 2. The number of fused-ring (bicyclic) bond motifs is 1. The van der Waals surface area contributed by atoms with Crippen molar-refractivity contribution in [2.75, 3.05) is 12.4 Å². The Balaban J connectivity index is 1.77. The number of halogens is 1.